The zero-order valence-electron chi connectivity index (χ0n) is 18.7. The van der Waals surface area contributed by atoms with Crippen molar-refractivity contribution in [1.29, 1.82) is 0 Å². The average Bonchev–Trinajstić information content (AvgIpc) is 3.33. The maximum atomic E-state index is 14.2. The highest BCUT2D eigenvalue weighted by atomic mass is 35.5. The maximum Gasteiger partial charge on any atom is 0.414 e. The first-order valence-corrected chi connectivity index (χ1v) is 12.9. The minimum absolute atomic E-state index is 0.0436. The molecule has 7 nitrogen and oxygen atoms in total. The van der Waals surface area contributed by atoms with Gasteiger partial charge in [-0.1, -0.05) is 17.7 Å². The van der Waals surface area contributed by atoms with Crippen molar-refractivity contribution in [1.82, 2.24) is 14.2 Å². The Balaban J connectivity index is 1.45. The first-order chi connectivity index (χ1) is 16.4. The summed E-state index contributed by atoms with van der Waals surface area (Å²) in [5.74, 6) is -1.27. The minimum Gasteiger partial charge on any atom is -0.380 e. The summed E-state index contributed by atoms with van der Waals surface area (Å²) in [5.41, 5.74) is 1.42. The van der Waals surface area contributed by atoms with E-state index in [0.717, 1.165) is 16.9 Å². The van der Waals surface area contributed by atoms with Gasteiger partial charge in [0.05, 0.1) is 34.9 Å². The molecule has 35 heavy (non-hydrogen) atoms. The molecule has 0 spiro atoms. The maximum absolute atomic E-state index is 14.2. The number of likely N-dealkylation sites (N-methyl/N-ethyl adjacent to an activating group) is 1. The van der Waals surface area contributed by atoms with Gasteiger partial charge < -0.3 is 10.2 Å². The molecule has 13 heteroatoms. The third-order valence-electron chi connectivity index (χ3n) is 6.29. The van der Waals surface area contributed by atoms with Crippen molar-refractivity contribution in [3.8, 4) is 0 Å². The molecule has 4 rings (SSSR count). The lowest BCUT2D eigenvalue weighted by atomic mass is 10.1. The molecule has 1 aromatic heterocycles. The van der Waals surface area contributed by atoms with Crippen LogP contribution in [0.4, 0.5) is 23.2 Å². The van der Waals surface area contributed by atoms with Gasteiger partial charge in [0, 0.05) is 19.6 Å². The Hall–Kier alpha value is -2.12. The molecule has 2 atom stereocenters. The molecule has 0 saturated carbocycles. The first kappa shape index (κ1) is 26.0. The summed E-state index contributed by atoms with van der Waals surface area (Å²) in [6.07, 6.45) is -2.20. The molecule has 2 aromatic rings. The van der Waals surface area contributed by atoms with Gasteiger partial charge in [-0.25, -0.2) is 4.39 Å². The molecule has 0 bridgehead atoms. The van der Waals surface area contributed by atoms with Crippen LogP contribution in [0, 0.1) is 5.82 Å². The summed E-state index contributed by atoms with van der Waals surface area (Å²) in [6, 6.07) is 3.39. The van der Waals surface area contributed by atoms with Crippen LogP contribution >= 0.6 is 22.4 Å². The van der Waals surface area contributed by atoms with Crippen LogP contribution in [0.1, 0.15) is 29.3 Å². The number of nitrogens with zero attached hydrogens (tertiary/aromatic N) is 3. The molecule has 2 aliphatic rings. The molecule has 1 saturated heterocycles. The summed E-state index contributed by atoms with van der Waals surface area (Å²) >= 11 is 5.84. The van der Waals surface area contributed by atoms with Crippen LogP contribution in [0.3, 0.4) is 0 Å². The normalized spacial score (nSPS) is 21.4. The van der Waals surface area contributed by atoms with E-state index in [0.29, 0.717) is 35.4 Å². The average molecular weight is 537 g/mol. The third kappa shape index (κ3) is 5.51. The number of carbonyl (C=O) groups is 1. The topological polar surface area (TPSA) is 88.9 Å². The van der Waals surface area contributed by atoms with E-state index < -0.39 is 41.3 Å². The number of nitrogens with one attached hydrogen (secondary N) is 1. The molecule has 1 amide bonds. The van der Waals surface area contributed by atoms with Gasteiger partial charge in [-0.3, -0.25) is 18.9 Å². The van der Waals surface area contributed by atoms with E-state index in [1.54, 1.807) is 6.07 Å². The SMILES string of the molecule is CN(C(=O)CN1CCCS1(O)O)[C@@H](c1ccc(NC2Cc3ccc(Cl)c(F)c3C2)cn1)C(F)(F)F. The third-order valence-corrected chi connectivity index (χ3v) is 8.56. The summed E-state index contributed by atoms with van der Waals surface area (Å²) < 4.78 is 77.1. The fourth-order valence-electron chi connectivity index (χ4n) is 4.50. The van der Waals surface area contributed by atoms with Crippen molar-refractivity contribution in [2.24, 2.45) is 0 Å². The van der Waals surface area contributed by atoms with Crippen LogP contribution in [0.25, 0.3) is 0 Å². The molecule has 2 heterocycles. The summed E-state index contributed by atoms with van der Waals surface area (Å²) in [7, 11) is -2.11. The Morgan fingerprint density at radius 1 is 1.31 bits per heavy atom. The summed E-state index contributed by atoms with van der Waals surface area (Å²) in [4.78, 5) is 17.1. The largest absolute Gasteiger partial charge is 0.414 e. The zero-order chi connectivity index (χ0) is 25.5. The summed E-state index contributed by atoms with van der Waals surface area (Å²) in [5, 5.41) is 3.20. The predicted octanol–water partition coefficient (Wildman–Crippen LogP) is 4.89. The molecule has 1 aliphatic carbocycles. The number of aromatic nitrogens is 1. The molecule has 1 fully saturated rings. The van der Waals surface area contributed by atoms with E-state index in [-0.39, 0.29) is 29.1 Å². The van der Waals surface area contributed by atoms with Crippen LogP contribution in [0.15, 0.2) is 30.5 Å². The van der Waals surface area contributed by atoms with Gasteiger partial charge in [-0.2, -0.15) is 17.5 Å². The number of carbonyl (C=O) groups excluding carboxylic acids is 1. The van der Waals surface area contributed by atoms with Crippen molar-refractivity contribution in [3.63, 3.8) is 0 Å². The van der Waals surface area contributed by atoms with Gasteiger partial charge in [-0.15, -0.1) is 10.8 Å². The van der Waals surface area contributed by atoms with Gasteiger partial charge in [0.1, 0.15) is 5.82 Å². The van der Waals surface area contributed by atoms with E-state index in [9.17, 15) is 31.5 Å². The van der Waals surface area contributed by atoms with Crippen molar-refractivity contribution in [2.75, 3.05) is 31.2 Å². The number of hydrogen-bond acceptors (Lipinski definition) is 6. The van der Waals surface area contributed by atoms with Crippen molar-refractivity contribution in [3.05, 3.63) is 58.1 Å². The first-order valence-electron chi connectivity index (χ1n) is 10.9. The molecule has 0 radical (unpaired) electrons. The lowest BCUT2D eigenvalue weighted by Crippen LogP contribution is -2.44. The molecule has 3 N–H and O–H groups in total. The quantitative estimate of drug-likeness (QED) is 0.456. The fraction of sp³-hybridized carbons (Fsp3) is 0.455. The van der Waals surface area contributed by atoms with E-state index in [1.807, 2.05) is 0 Å². The van der Waals surface area contributed by atoms with Gasteiger partial charge in [0.25, 0.3) is 0 Å². The van der Waals surface area contributed by atoms with Gasteiger partial charge in [0.15, 0.2) is 6.04 Å². The number of pyridine rings is 1. The highest BCUT2D eigenvalue weighted by Gasteiger charge is 2.47. The van der Waals surface area contributed by atoms with Crippen LogP contribution in [-0.2, 0) is 17.6 Å². The molecule has 1 aliphatic heterocycles. The summed E-state index contributed by atoms with van der Waals surface area (Å²) in [6.45, 7) is -0.313. The van der Waals surface area contributed by atoms with E-state index >= 15 is 0 Å². The molecular formula is C22H25ClF4N4O3S. The number of fused-ring (bicyclic) bond motifs is 1. The van der Waals surface area contributed by atoms with E-state index in [1.165, 1.54) is 24.4 Å². The van der Waals surface area contributed by atoms with E-state index in [4.69, 9.17) is 11.6 Å². The highest BCUT2D eigenvalue weighted by molar-refractivity contribution is 8.22. The monoisotopic (exact) mass is 536 g/mol. The van der Waals surface area contributed by atoms with Gasteiger partial charge >= 0.3 is 6.18 Å². The van der Waals surface area contributed by atoms with Crippen LogP contribution in [0.2, 0.25) is 5.02 Å². The predicted molar refractivity (Wildman–Crippen MR) is 126 cm³/mol. The number of benzene rings is 1. The standard InChI is InChI=1S/C22H25ClF4N4O3S/c1-30(19(32)12-31-7-2-8-35(31,33)34)21(22(25,26)27)18-6-4-14(11-28-18)29-15-9-13-3-5-17(23)20(24)16(13)10-15/h3-6,11,15,21,29,33-34H,2,7-10,12H2,1H3/t15?,21-/m0/s1. The molecule has 192 valence electrons. The Morgan fingerprint density at radius 2 is 2.06 bits per heavy atom. The Bertz CT molecular complexity index is 1100. The smallest absolute Gasteiger partial charge is 0.380 e. The highest BCUT2D eigenvalue weighted by Crippen LogP contribution is 2.48. The van der Waals surface area contributed by atoms with Gasteiger partial charge in [0.2, 0.25) is 5.91 Å². The zero-order valence-corrected chi connectivity index (χ0v) is 20.3. The van der Waals surface area contributed by atoms with Crippen LogP contribution in [0.5, 0.6) is 0 Å². The Morgan fingerprint density at radius 3 is 2.66 bits per heavy atom. The Labute approximate surface area is 206 Å². The van der Waals surface area contributed by atoms with Gasteiger partial charge in [-0.05, 0) is 48.6 Å². The van der Waals surface area contributed by atoms with Crippen LogP contribution in [-0.4, -0.2) is 67.3 Å². The van der Waals surface area contributed by atoms with Crippen molar-refractivity contribution < 1.29 is 31.5 Å². The second kappa shape index (κ2) is 9.74. The molecular weight excluding hydrogens is 512 g/mol. The number of alkyl halides is 3. The van der Waals surface area contributed by atoms with Crippen molar-refractivity contribution in [2.45, 2.75) is 37.5 Å². The number of amides is 1. The number of rotatable bonds is 6. The minimum atomic E-state index is -4.80. The molecule has 1 unspecified atom stereocenters. The lowest BCUT2D eigenvalue weighted by molar-refractivity contribution is -0.189. The van der Waals surface area contributed by atoms with E-state index in [2.05, 4.69) is 10.3 Å². The van der Waals surface area contributed by atoms with Crippen molar-refractivity contribution >= 4 is 34.0 Å². The molecule has 1 aromatic carbocycles. The second-order valence-corrected chi connectivity index (χ2v) is 11.3. The fourth-order valence-corrected chi connectivity index (χ4v) is 6.19. The lowest BCUT2D eigenvalue weighted by Gasteiger charge is -2.38. The number of halogens is 5. The Kier molecular flexibility index (Phi) is 7.22. The second-order valence-electron chi connectivity index (χ2n) is 8.72. The van der Waals surface area contributed by atoms with Crippen LogP contribution < -0.4 is 5.32 Å². The number of hydrogen-bond donors (Lipinski definition) is 3. The number of anilines is 1.